The average molecular weight is 417 g/mol. The first-order chi connectivity index (χ1) is 14.3. The molecule has 2 aliphatic rings. The molecule has 1 aliphatic carbocycles. The molecule has 152 valence electrons. The zero-order valence-electron chi connectivity index (χ0n) is 17.4. The number of benzene rings is 2. The van der Waals surface area contributed by atoms with E-state index in [1.807, 2.05) is 12.1 Å². The molecule has 1 aliphatic heterocycles. The number of fused-ring (bicyclic) bond motifs is 2. The van der Waals surface area contributed by atoms with Gasteiger partial charge in [-0.15, -0.1) is 0 Å². The van der Waals surface area contributed by atoms with Gasteiger partial charge in [-0.1, -0.05) is 49.9 Å². The molecule has 0 saturated carbocycles. The first-order valence-electron chi connectivity index (χ1n) is 10.1. The van der Waals surface area contributed by atoms with Crippen molar-refractivity contribution in [1.82, 2.24) is 0 Å². The summed E-state index contributed by atoms with van der Waals surface area (Å²) in [5, 5.41) is 18.8. The Morgan fingerprint density at radius 1 is 1.17 bits per heavy atom. The van der Waals surface area contributed by atoms with E-state index >= 15 is 0 Å². The summed E-state index contributed by atoms with van der Waals surface area (Å²) in [6.45, 7) is 7.29. The molecule has 30 heavy (non-hydrogen) atoms. The van der Waals surface area contributed by atoms with Gasteiger partial charge in [-0.2, -0.15) is 5.26 Å². The number of aliphatic carboxylic acids is 1. The first-order valence-corrected chi connectivity index (χ1v) is 10.9. The fraction of sp³-hybridized carbons (Fsp3) is 0.280. The van der Waals surface area contributed by atoms with Crippen LogP contribution in [0.2, 0.25) is 0 Å². The number of hydrogen-bond acceptors (Lipinski definition) is 4. The number of allylic oxidation sites excluding steroid dienone is 3. The number of rotatable bonds is 3. The monoisotopic (exact) mass is 416 g/mol. The van der Waals surface area contributed by atoms with Crippen molar-refractivity contribution < 1.29 is 9.90 Å². The van der Waals surface area contributed by atoms with Crippen LogP contribution in [0.3, 0.4) is 0 Å². The van der Waals surface area contributed by atoms with Crippen molar-refractivity contribution in [3.8, 4) is 6.07 Å². The number of anilines is 2. The summed E-state index contributed by atoms with van der Waals surface area (Å²) < 4.78 is 0. The van der Waals surface area contributed by atoms with E-state index < -0.39 is 5.97 Å². The fourth-order valence-electron chi connectivity index (χ4n) is 4.38. The normalized spacial score (nSPS) is 18.6. The molecule has 2 aromatic rings. The second-order valence-corrected chi connectivity index (χ2v) is 9.58. The van der Waals surface area contributed by atoms with Crippen molar-refractivity contribution in [2.45, 2.75) is 43.4 Å². The maximum atomic E-state index is 11.5. The summed E-state index contributed by atoms with van der Waals surface area (Å²) in [4.78, 5) is 16.3. The molecule has 0 fully saturated rings. The molecule has 0 spiro atoms. The number of carbonyl (C=O) groups is 1. The largest absolute Gasteiger partial charge is 0.477 e. The summed E-state index contributed by atoms with van der Waals surface area (Å²) in [5.74, 6) is -1.16. The molecular weight excluding hydrogens is 392 g/mol. The third-order valence-corrected chi connectivity index (χ3v) is 6.76. The van der Waals surface area contributed by atoms with Crippen molar-refractivity contribution in [3.63, 3.8) is 0 Å². The van der Waals surface area contributed by atoms with Gasteiger partial charge in [-0.25, -0.2) is 4.79 Å². The van der Waals surface area contributed by atoms with Gasteiger partial charge in [0, 0.05) is 16.3 Å². The Kier molecular flexibility index (Phi) is 5.21. The molecule has 5 heteroatoms. The van der Waals surface area contributed by atoms with Gasteiger partial charge in [-0.05, 0) is 66.2 Å². The van der Waals surface area contributed by atoms with Crippen LogP contribution in [0.25, 0.3) is 5.57 Å². The van der Waals surface area contributed by atoms with Crippen molar-refractivity contribution >= 4 is 34.7 Å². The summed E-state index contributed by atoms with van der Waals surface area (Å²) in [6, 6.07) is 16.8. The average Bonchev–Trinajstić information content (AvgIpc) is 2.70. The van der Waals surface area contributed by atoms with Crippen LogP contribution in [-0.4, -0.2) is 17.6 Å². The highest BCUT2D eigenvalue weighted by Gasteiger charge is 2.30. The zero-order valence-corrected chi connectivity index (χ0v) is 18.2. The molecule has 0 atom stereocenters. The van der Waals surface area contributed by atoms with Gasteiger partial charge in [0.1, 0.15) is 11.6 Å². The Morgan fingerprint density at radius 3 is 2.60 bits per heavy atom. The van der Waals surface area contributed by atoms with Crippen molar-refractivity contribution in [1.29, 1.82) is 5.26 Å². The molecule has 0 aromatic heterocycles. The molecule has 0 saturated heterocycles. The Morgan fingerprint density at radius 2 is 1.90 bits per heavy atom. The predicted octanol–water partition coefficient (Wildman–Crippen LogP) is 6.42. The highest BCUT2D eigenvalue weighted by Crippen LogP contribution is 2.50. The van der Waals surface area contributed by atoms with Crippen LogP contribution in [0.5, 0.6) is 0 Å². The Labute approximate surface area is 181 Å². The van der Waals surface area contributed by atoms with Crippen molar-refractivity contribution in [2.24, 2.45) is 5.41 Å². The quantitative estimate of drug-likeness (QED) is 0.462. The van der Waals surface area contributed by atoms with Crippen molar-refractivity contribution in [2.75, 3.05) is 11.4 Å². The Balaban J connectivity index is 1.80. The van der Waals surface area contributed by atoms with E-state index in [0.29, 0.717) is 12.0 Å². The van der Waals surface area contributed by atoms with Crippen LogP contribution in [0.15, 0.2) is 69.5 Å². The lowest BCUT2D eigenvalue weighted by Gasteiger charge is -2.34. The first kappa shape index (κ1) is 20.3. The second kappa shape index (κ2) is 7.70. The van der Waals surface area contributed by atoms with Gasteiger partial charge in [0.25, 0.3) is 0 Å². The summed E-state index contributed by atoms with van der Waals surface area (Å²) in [7, 11) is 0. The molecule has 1 heterocycles. The van der Waals surface area contributed by atoms with Gasteiger partial charge in [0.15, 0.2) is 0 Å². The van der Waals surface area contributed by atoms with E-state index in [2.05, 4.69) is 68.1 Å². The highest BCUT2D eigenvalue weighted by molar-refractivity contribution is 7.99. The Bertz CT molecular complexity index is 1140. The standard InChI is InChI=1S/C25H24N2O2S/c1-4-27-20-7-5-6-8-22(20)30-23-12-16(9-10-21(23)27)17-11-18(14-25(2,3)13-17)19(15-26)24(28)29/h5-12H,4,13-14H2,1-3H3,(H,28,29)/b19-18-. The minimum absolute atomic E-state index is 0.109. The molecule has 1 N–H and O–H groups in total. The van der Waals surface area contributed by atoms with Crippen LogP contribution in [-0.2, 0) is 4.79 Å². The third-order valence-electron chi connectivity index (χ3n) is 5.65. The predicted molar refractivity (Wildman–Crippen MR) is 121 cm³/mol. The summed E-state index contributed by atoms with van der Waals surface area (Å²) >= 11 is 1.77. The lowest BCUT2D eigenvalue weighted by molar-refractivity contribution is -0.132. The third kappa shape index (κ3) is 3.64. The van der Waals surface area contributed by atoms with Gasteiger partial charge < -0.3 is 10.0 Å². The van der Waals surface area contributed by atoms with E-state index in [4.69, 9.17) is 0 Å². The van der Waals surface area contributed by atoms with E-state index in [1.54, 1.807) is 11.8 Å². The molecular formula is C25H24N2O2S. The summed E-state index contributed by atoms with van der Waals surface area (Å²) in [6.07, 6.45) is 3.34. The van der Waals surface area contributed by atoms with Gasteiger partial charge in [-0.3, -0.25) is 0 Å². The number of carboxylic acids is 1. The van der Waals surface area contributed by atoms with Crippen LogP contribution in [0.4, 0.5) is 11.4 Å². The van der Waals surface area contributed by atoms with Crippen molar-refractivity contribution in [3.05, 3.63) is 65.3 Å². The number of nitrogens with zero attached hydrogens (tertiary/aromatic N) is 2. The van der Waals surface area contributed by atoms with E-state index in [9.17, 15) is 15.2 Å². The Hall–Kier alpha value is -2.97. The van der Waals surface area contributed by atoms with E-state index in [1.165, 1.54) is 21.2 Å². The zero-order chi connectivity index (χ0) is 21.5. The minimum atomic E-state index is -1.16. The number of carboxylic acid groups (broad SMARTS) is 1. The van der Waals surface area contributed by atoms with Crippen LogP contribution in [0, 0.1) is 16.7 Å². The number of nitriles is 1. The minimum Gasteiger partial charge on any atom is -0.477 e. The molecule has 0 radical (unpaired) electrons. The van der Waals surface area contributed by atoms with Gasteiger partial charge in [0.2, 0.25) is 0 Å². The topological polar surface area (TPSA) is 64.3 Å². The fourth-order valence-corrected chi connectivity index (χ4v) is 5.52. The summed E-state index contributed by atoms with van der Waals surface area (Å²) in [5.41, 5.74) is 4.95. The number of para-hydroxylation sites is 1. The molecule has 4 nitrogen and oxygen atoms in total. The molecule has 4 rings (SSSR count). The molecule has 0 bridgehead atoms. The van der Waals surface area contributed by atoms with Crippen LogP contribution >= 0.6 is 11.8 Å². The smallest absolute Gasteiger partial charge is 0.346 e. The number of hydrogen-bond donors (Lipinski definition) is 1. The maximum Gasteiger partial charge on any atom is 0.346 e. The second-order valence-electron chi connectivity index (χ2n) is 8.50. The van der Waals surface area contributed by atoms with Crippen LogP contribution < -0.4 is 4.90 Å². The van der Waals surface area contributed by atoms with Gasteiger partial charge >= 0.3 is 5.97 Å². The highest BCUT2D eigenvalue weighted by atomic mass is 32.2. The lowest BCUT2D eigenvalue weighted by atomic mass is 9.73. The van der Waals surface area contributed by atoms with E-state index in [-0.39, 0.29) is 11.0 Å². The molecule has 0 unspecified atom stereocenters. The lowest BCUT2D eigenvalue weighted by Crippen LogP contribution is -2.21. The maximum absolute atomic E-state index is 11.5. The van der Waals surface area contributed by atoms with E-state index in [0.717, 1.165) is 24.1 Å². The van der Waals surface area contributed by atoms with Crippen LogP contribution in [0.1, 0.15) is 39.2 Å². The van der Waals surface area contributed by atoms with Gasteiger partial charge in [0.05, 0.1) is 11.4 Å². The molecule has 2 aromatic carbocycles. The molecule has 0 amide bonds. The SMILES string of the molecule is CCN1c2ccccc2Sc2cc(C3=C/C(=C(\C#N)C(=O)O)CC(C)(C)C3)ccc21.